The Morgan fingerprint density at radius 2 is 2.04 bits per heavy atom. The summed E-state index contributed by atoms with van der Waals surface area (Å²) in [5, 5.41) is 5.40. The summed E-state index contributed by atoms with van der Waals surface area (Å²) in [5.74, 6) is 0.311. The van der Waals surface area contributed by atoms with Gasteiger partial charge in [0.25, 0.3) is 0 Å². The highest BCUT2D eigenvalue weighted by atomic mass is 35.5. The summed E-state index contributed by atoms with van der Waals surface area (Å²) in [6.07, 6.45) is -0.285. The number of nitrogens with zero attached hydrogens (tertiary/aromatic N) is 1. The van der Waals surface area contributed by atoms with Gasteiger partial charge in [-0.3, -0.25) is 0 Å². The van der Waals surface area contributed by atoms with Gasteiger partial charge in [0.1, 0.15) is 5.60 Å². The minimum atomic E-state index is -0.468. The van der Waals surface area contributed by atoms with Crippen molar-refractivity contribution in [3.63, 3.8) is 0 Å². The number of carbonyl (C=O) groups excluding carboxylic acids is 1. The Hall–Kier alpha value is -1.30. The van der Waals surface area contributed by atoms with Crippen molar-refractivity contribution in [1.82, 2.24) is 10.2 Å². The minimum absolute atomic E-state index is 0.285. The van der Waals surface area contributed by atoms with E-state index in [1.54, 1.807) is 23.3 Å². The van der Waals surface area contributed by atoms with Crippen molar-refractivity contribution in [3.8, 4) is 0 Å². The molecular weight excluding hydrogens is 356 g/mol. The SMILES string of the molecule is CC(CNCc1sc2ccccc2c1Cl)CN(C)C(=O)OC(C)(C)C. The van der Waals surface area contributed by atoms with Crippen LogP contribution in [0.15, 0.2) is 24.3 Å². The van der Waals surface area contributed by atoms with Crippen LogP contribution in [0.3, 0.4) is 0 Å². The van der Waals surface area contributed by atoms with Crippen molar-refractivity contribution in [2.45, 2.75) is 39.8 Å². The average Bonchev–Trinajstić information content (AvgIpc) is 2.82. The van der Waals surface area contributed by atoms with E-state index in [0.717, 1.165) is 28.4 Å². The molecule has 1 amide bonds. The standard InChI is InChI=1S/C19H27ClN2O2S/c1-13(12-22(5)18(23)24-19(2,3)4)10-21-11-16-17(20)14-8-6-7-9-15(14)25-16/h6-9,13,21H,10-12H2,1-5H3. The molecule has 25 heavy (non-hydrogen) atoms. The highest BCUT2D eigenvalue weighted by Gasteiger charge is 2.20. The fourth-order valence-corrected chi connectivity index (χ4v) is 4.03. The summed E-state index contributed by atoms with van der Waals surface area (Å²) in [5.41, 5.74) is -0.468. The van der Waals surface area contributed by atoms with Crippen molar-refractivity contribution in [1.29, 1.82) is 0 Å². The second kappa shape index (κ2) is 8.39. The number of thiophene rings is 1. The van der Waals surface area contributed by atoms with Crippen molar-refractivity contribution in [3.05, 3.63) is 34.2 Å². The Labute approximate surface area is 159 Å². The number of hydrogen-bond acceptors (Lipinski definition) is 4. The van der Waals surface area contributed by atoms with Crippen LogP contribution in [0.2, 0.25) is 5.02 Å². The molecule has 0 radical (unpaired) electrons. The smallest absolute Gasteiger partial charge is 0.410 e. The second-order valence-corrected chi connectivity index (χ2v) is 8.95. The third kappa shape index (κ3) is 5.87. The number of halogens is 1. The number of benzene rings is 1. The molecule has 0 spiro atoms. The van der Waals surface area contributed by atoms with Crippen LogP contribution in [0.25, 0.3) is 10.1 Å². The maximum atomic E-state index is 12.0. The maximum absolute atomic E-state index is 12.0. The van der Waals surface area contributed by atoms with Gasteiger partial charge in [0.2, 0.25) is 0 Å². The molecule has 1 unspecified atom stereocenters. The largest absolute Gasteiger partial charge is 0.444 e. The van der Waals surface area contributed by atoms with E-state index in [1.165, 1.54) is 4.70 Å². The molecular formula is C19H27ClN2O2S. The van der Waals surface area contributed by atoms with E-state index in [9.17, 15) is 4.79 Å². The van der Waals surface area contributed by atoms with E-state index >= 15 is 0 Å². The van der Waals surface area contributed by atoms with Gasteiger partial charge in [-0.25, -0.2) is 4.79 Å². The lowest BCUT2D eigenvalue weighted by molar-refractivity contribution is 0.0277. The molecule has 0 saturated carbocycles. The summed E-state index contributed by atoms with van der Waals surface area (Å²) in [7, 11) is 1.77. The Kier molecular flexibility index (Phi) is 6.72. The molecule has 1 heterocycles. The van der Waals surface area contributed by atoms with Crippen molar-refractivity contribution >= 4 is 39.1 Å². The highest BCUT2D eigenvalue weighted by molar-refractivity contribution is 7.19. The van der Waals surface area contributed by atoms with Crippen LogP contribution in [0, 0.1) is 5.92 Å². The Bertz CT molecular complexity index is 724. The van der Waals surface area contributed by atoms with Crippen LogP contribution < -0.4 is 5.32 Å². The van der Waals surface area contributed by atoms with Gasteiger partial charge in [-0.05, 0) is 39.3 Å². The first kappa shape index (κ1) is 20.0. The van der Waals surface area contributed by atoms with Gasteiger partial charge in [0.05, 0.1) is 5.02 Å². The zero-order valence-corrected chi connectivity index (χ0v) is 17.1. The lowest BCUT2D eigenvalue weighted by Gasteiger charge is -2.26. The number of amides is 1. The Morgan fingerprint density at radius 1 is 1.36 bits per heavy atom. The molecule has 0 aliphatic rings. The summed E-state index contributed by atoms with van der Waals surface area (Å²) < 4.78 is 6.58. The van der Waals surface area contributed by atoms with E-state index < -0.39 is 5.60 Å². The van der Waals surface area contributed by atoms with Gasteiger partial charge in [-0.2, -0.15) is 0 Å². The highest BCUT2D eigenvalue weighted by Crippen LogP contribution is 2.34. The number of hydrogen-bond donors (Lipinski definition) is 1. The molecule has 0 saturated heterocycles. The predicted molar refractivity (Wildman–Crippen MR) is 107 cm³/mol. The van der Waals surface area contributed by atoms with E-state index in [0.29, 0.717) is 12.5 Å². The van der Waals surface area contributed by atoms with Crippen LogP contribution in [-0.4, -0.2) is 36.7 Å². The molecule has 1 aromatic heterocycles. The monoisotopic (exact) mass is 382 g/mol. The summed E-state index contributed by atoms with van der Waals surface area (Å²) >= 11 is 8.18. The van der Waals surface area contributed by atoms with Crippen LogP contribution >= 0.6 is 22.9 Å². The Morgan fingerprint density at radius 3 is 2.68 bits per heavy atom. The molecule has 0 aliphatic carbocycles. The van der Waals surface area contributed by atoms with E-state index in [-0.39, 0.29) is 6.09 Å². The molecule has 1 aromatic carbocycles. The van der Waals surface area contributed by atoms with Crippen LogP contribution in [-0.2, 0) is 11.3 Å². The number of nitrogens with one attached hydrogen (secondary N) is 1. The molecule has 2 rings (SSSR count). The van der Waals surface area contributed by atoms with Gasteiger partial charge in [-0.15, -0.1) is 11.3 Å². The lowest BCUT2D eigenvalue weighted by Crippen LogP contribution is -2.38. The molecule has 1 N–H and O–H groups in total. The third-order valence-corrected chi connectivity index (χ3v) is 5.39. The second-order valence-electron chi connectivity index (χ2n) is 7.43. The minimum Gasteiger partial charge on any atom is -0.444 e. The van der Waals surface area contributed by atoms with Crippen LogP contribution in [0.1, 0.15) is 32.6 Å². The van der Waals surface area contributed by atoms with Crippen LogP contribution in [0.5, 0.6) is 0 Å². The molecule has 138 valence electrons. The third-order valence-electron chi connectivity index (χ3n) is 3.67. The molecule has 4 nitrogen and oxygen atoms in total. The van der Waals surface area contributed by atoms with Gasteiger partial charge in [0.15, 0.2) is 0 Å². The predicted octanol–water partition coefficient (Wildman–Crippen LogP) is 5.15. The maximum Gasteiger partial charge on any atom is 0.410 e. The first-order chi connectivity index (χ1) is 11.7. The van der Waals surface area contributed by atoms with Crippen LogP contribution in [0.4, 0.5) is 4.79 Å². The zero-order chi connectivity index (χ0) is 18.6. The summed E-state index contributed by atoms with van der Waals surface area (Å²) in [4.78, 5) is 14.8. The first-order valence-corrected chi connectivity index (χ1v) is 9.67. The summed E-state index contributed by atoms with van der Waals surface area (Å²) in [6.45, 7) is 9.91. The van der Waals surface area contributed by atoms with Gasteiger partial charge >= 0.3 is 6.09 Å². The fourth-order valence-electron chi connectivity index (χ4n) is 2.56. The first-order valence-electron chi connectivity index (χ1n) is 8.48. The molecule has 1 atom stereocenters. The van der Waals surface area contributed by atoms with Gasteiger partial charge in [0, 0.05) is 35.1 Å². The van der Waals surface area contributed by atoms with E-state index in [4.69, 9.17) is 16.3 Å². The number of rotatable bonds is 6. The van der Waals surface area contributed by atoms with E-state index in [1.807, 2.05) is 32.9 Å². The topological polar surface area (TPSA) is 41.6 Å². The van der Waals surface area contributed by atoms with Crippen molar-refractivity contribution in [2.75, 3.05) is 20.1 Å². The number of ether oxygens (including phenoxy) is 1. The normalized spacial score (nSPS) is 13.0. The van der Waals surface area contributed by atoms with Crippen molar-refractivity contribution in [2.24, 2.45) is 5.92 Å². The lowest BCUT2D eigenvalue weighted by atomic mass is 10.1. The van der Waals surface area contributed by atoms with Crippen molar-refractivity contribution < 1.29 is 9.53 Å². The fraction of sp³-hybridized carbons (Fsp3) is 0.526. The van der Waals surface area contributed by atoms with Gasteiger partial charge < -0.3 is 15.0 Å². The quantitative estimate of drug-likeness (QED) is 0.751. The molecule has 0 bridgehead atoms. The number of fused-ring (bicyclic) bond motifs is 1. The number of carbonyl (C=O) groups is 1. The van der Waals surface area contributed by atoms with E-state index in [2.05, 4.69) is 24.4 Å². The molecule has 6 heteroatoms. The summed E-state index contributed by atoms with van der Waals surface area (Å²) in [6, 6.07) is 8.18. The average molecular weight is 383 g/mol. The Balaban J connectivity index is 1.80. The molecule has 0 aliphatic heterocycles. The molecule has 2 aromatic rings. The zero-order valence-electron chi connectivity index (χ0n) is 15.6. The van der Waals surface area contributed by atoms with Gasteiger partial charge in [-0.1, -0.05) is 36.7 Å². The molecule has 0 fully saturated rings.